The number of fused-ring (bicyclic) bond motifs is 1. The lowest BCUT2D eigenvalue weighted by atomic mass is 9.98. The van der Waals surface area contributed by atoms with Crippen molar-refractivity contribution in [2.24, 2.45) is 0 Å². The van der Waals surface area contributed by atoms with Gasteiger partial charge in [-0.2, -0.15) is 0 Å². The van der Waals surface area contributed by atoms with Crippen LogP contribution in [0.4, 0.5) is 26.3 Å². The smallest absolute Gasteiger partial charge is 0.492 e. The molecule has 0 saturated heterocycles. The van der Waals surface area contributed by atoms with Crippen LogP contribution in [-0.4, -0.2) is 18.0 Å². The molecule has 0 unspecified atom stereocenters. The third kappa shape index (κ3) is 7.67. The zero-order valence-corrected chi connectivity index (χ0v) is 22.0. The Morgan fingerprint density at radius 1 is 0.800 bits per heavy atom. The molecule has 0 aliphatic heterocycles. The molecule has 3 aromatic carbocycles. The molecule has 9 heteroatoms. The fourth-order valence-electron chi connectivity index (χ4n) is 4.47. The second-order valence-electron chi connectivity index (χ2n) is 9.55. The molecule has 0 aliphatic rings. The number of nitrogens with zero attached hydrogens (tertiary/aromatic N) is 1. The number of aromatic nitrogens is 1. The number of aryl methyl sites for hydroxylation is 2. The Hall–Kier alpha value is -3.75. The molecule has 0 N–H and O–H groups in total. The Morgan fingerprint density at radius 2 is 1.55 bits per heavy atom. The van der Waals surface area contributed by atoms with Crippen molar-refractivity contribution in [3.8, 4) is 22.8 Å². The van der Waals surface area contributed by atoms with Gasteiger partial charge in [0.1, 0.15) is 11.6 Å². The SMILES string of the molecule is CCCCCCCOc1ccc(-c2ccc3c(F)c(CCc4cc(F)c(OC(F)(F)F)c(F)c4)ccc3c2)nc1. The summed E-state index contributed by atoms with van der Waals surface area (Å²) in [6.07, 6.45) is 2.32. The van der Waals surface area contributed by atoms with Crippen LogP contribution in [0.1, 0.15) is 50.2 Å². The van der Waals surface area contributed by atoms with E-state index in [1.807, 2.05) is 18.2 Å². The molecule has 4 rings (SSSR count). The maximum atomic E-state index is 15.3. The summed E-state index contributed by atoms with van der Waals surface area (Å²) in [6.45, 7) is 2.82. The Balaban J connectivity index is 1.41. The van der Waals surface area contributed by atoms with E-state index in [4.69, 9.17) is 4.74 Å². The van der Waals surface area contributed by atoms with E-state index in [1.165, 1.54) is 19.3 Å². The molecule has 1 heterocycles. The van der Waals surface area contributed by atoms with E-state index in [9.17, 15) is 22.0 Å². The van der Waals surface area contributed by atoms with Crippen LogP contribution in [0.15, 0.2) is 60.8 Å². The molecule has 0 saturated carbocycles. The quantitative estimate of drug-likeness (QED) is 0.128. The number of unbranched alkanes of at least 4 members (excludes halogenated alkanes) is 4. The predicted octanol–water partition coefficient (Wildman–Crippen LogP) is 9.35. The highest BCUT2D eigenvalue weighted by atomic mass is 19.4. The van der Waals surface area contributed by atoms with Crippen LogP contribution in [-0.2, 0) is 12.8 Å². The van der Waals surface area contributed by atoms with Crippen LogP contribution in [0.25, 0.3) is 22.0 Å². The van der Waals surface area contributed by atoms with Gasteiger partial charge in [0, 0.05) is 10.9 Å². The molecule has 0 atom stereocenters. The maximum Gasteiger partial charge on any atom is 0.573 e. The van der Waals surface area contributed by atoms with E-state index in [1.54, 1.807) is 30.5 Å². The second kappa shape index (κ2) is 13.1. The van der Waals surface area contributed by atoms with Gasteiger partial charge in [-0.25, -0.2) is 13.2 Å². The first-order valence-corrected chi connectivity index (χ1v) is 13.2. The minimum atomic E-state index is -5.22. The molecular weight excluding hydrogens is 532 g/mol. The number of hydrogen-bond acceptors (Lipinski definition) is 3. The number of pyridine rings is 1. The molecule has 1 aromatic heterocycles. The third-order valence-corrected chi connectivity index (χ3v) is 6.54. The standard InChI is InChI=1S/C31H29F6NO2/c1-2-3-4-5-6-15-39-24-12-14-28(38-19-24)23-11-13-25-22(18-23)10-9-21(29(25)34)8-7-20-16-26(32)30(27(33)17-20)40-31(35,36)37/h9-14,16-19H,2-8,15H2,1H3. The minimum absolute atomic E-state index is 0.0116. The summed E-state index contributed by atoms with van der Waals surface area (Å²) in [5.74, 6) is -4.25. The summed E-state index contributed by atoms with van der Waals surface area (Å²) in [5, 5.41) is 1.02. The Bertz CT molecular complexity index is 1410. The fourth-order valence-corrected chi connectivity index (χ4v) is 4.47. The van der Waals surface area contributed by atoms with Crippen molar-refractivity contribution in [2.75, 3.05) is 6.61 Å². The van der Waals surface area contributed by atoms with Gasteiger partial charge in [-0.3, -0.25) is 4.98 Å². The first kappa shape index (κ1) is 29.2. The Morgan fingerprint density at radius 3 is 2.23 bits per heavy atom. The summed E-state index contributed by atoms with van der Waals surface area (Å²) in [5.41, 5.74) is 1.90. The van der Waals surface area contributed by atoms with Crippen molar-refractivity contribution in [2.45, 2.75) is 58.2 Å². The van der Waals surface area contributed by atoms with Crippen LogP contribution in [0.2, 0.25) is 0 Å². The zero-order valence-electron chi connectivity index (χ0n) is 22.0. The fraction of sp³-hybridized carbons (Fsp3) is 0.323. The highest BCUT2D eigenvalue weighted by Crippen LogP contribution is 2.31. The van der Waals surface area contributed by atoms with Gasteiger partial charge < -0.3 is 9.47 Å². The van der Waals surface area contributed by atoms with Gasteiger partial charge in [-0.15, -0.1) is 13.2 Å². The number of rotatable bonds is 12. The molecule has 0 bridgehead atoms. The normalized spacial score (nSPS) is 11.7. The molecule has 0 radical (unpaired) electrons. The third-order valence-electron chi connectivity index (χ3n) is 6.54. The van der Waals surface area contributed by atoms with Crippen LogP contribution in [0, 0.1) is 17.5 Å². The average Bonchev–Trinajstić information content (AvgIpc) is 2.92. The number of alkyl halides is 3. The summed E-state index contributed by atoms with van der Waals surface area (Å²) in [4.78, 5) is 4.48. The molecule has 4 aromatic rings. The molecule has 0 spiro atoms. The summed E-state index contributed by atoms with van der Waals surface area (Å²) < 4.78 is 89.5. The summed E-state index contributed by atoms with van der Waals surface area (Å²) in [7, 11) is 0. The van der Waals surface area contributed by atoms with Gasteiger partial charge in [0.2, 0.25) is 5.75 Å². The summed E-state index contributed by atoms with van der Waals surface area (Å²) in [6, 6.07) is 13.8. The number of benzene rings is 3. The minimum Gasteiger partial charge on any atom is -0.492 e. The van der Waals surface area contributed by atoms with Crippen LogP contribution in [0.5, 0.6) is 11.5 Å². The van der Waals surface area contributed by atoms with E-state index in [-0.39, 0.29) is 18.4 Å². The van der Waals surface area contributed by atoms with Gasteiger partial charge in [-0.1, -0.05) is 56.9 Å². The molecule has 0 amide bonds. The largest absolute Gasteiger partial charge is 0.573 e. The van der Waals surface area contributed by atoms with Crippen molar-refractivity contribution in [1.29, 1.82) is 0 Å². The lowest BCUT2D eigenvalue weighted by Crippen LogP contribution is -2.19. The lowest BCUT2D eigenvalue weighted by Gasteiger charge is -2.12. The van der Waals surface area contributed by atoms with E-state index < -0.39 is 29.6 Å². The van der Waals surface area contributed by atoms with Crippen molar-refractivity contribution < 1.29 is 35.8 Å². The zero-order chi connectivity index (χ0) is 28.7. The van der Waals surface area contributed by atoms with Crippen LogP contribution >= 0.6 is 0 Å². The average molecular weight is 562 g/mol. The van der Waals surface area contributed by atoms with Gasteiger partial charge in [0.05, 0.1) is 18.5 Å². The van der Waals surface area contributed by atoms with Gasteiger partial charge in [-0.05, 0) is 66.1 Å². The highest BCUT2D eigenvalue weighted by molar-refractivity contribution is 5.88. The molecule has 212 valence electrons. The van der Waals surface area contributed by atoms with E-state index in [0.29, 0.717) is 34.4 Å². The van der Waals surface area contributed by atoms with Gasteiger partial charge in [0.15, 0.2) is 11.6 Å². The Labute approximate surface area is 228 Å². The van der Waals surface area contributed by atoms with E-state index in [2.05, 4.69) is 16.6 Å². The van der Waals surface area contributed by atoms with E-state index in [0.717, 1.165) is 30.5 Å². The first-order chi connectivity index (χ1) is 19.1. The Kier molecular flexibility index (Phi) is 9.55. The predicted molar refractivity (Wildman–Crippen MR) is 142 cm³/mol. The topological polar surface area (TPSA) is 31.4 Å². The molecular formula is C31H29F6NO2. The number of halogens is 6. The van der Waals surface area contributed by atoms with Crippen molar-refractivity contribution in [3.05, 3.63) is 89.4 Å². The lowest BCUT2D eigenvalue weighted by molar-refractivity contribution is -0.276. The van der Waals surface area contributed by atoms with Crippen molar-refractivity contribution in [1.82, 2.24) is 4.98 Å². The first-order valence-electron chi connectivity index (χ1n) is 13.2. The van der Waals surface area contributed by atoms with Crippen LogP contribution < -0.4 is 9.47 Å². The number of hydrogen-bond donors (Lipinski definition) is 0. The maximum absolute atomic E-state index is 15.3. The van der Waals surface area contributed by atoms with E-state index >= 15 is 4.39 Å². The highest BCUT2D eigenvalue weighted by Gasteiger charge is 2.34. The molecule has 3 nitrogen and oxygen atoms in total. The van der Waals surface area contributed by atoms with Crippen molar-refractivity contribution >= 4 is 10.8 Å². The number of ether oxygens (including phenoxy) is 2. The molecule has 0 fully saturated rings. The second-order valence-corrected chi connectivity index (χ2v) is 9.55. The monoisotopic (exact) mass is 561 g/mol. The summed E-state index contributed by atoms with van der Waals surface area (Å²) >= 11 is 0. The van der Waals surface area contributed by atoms with Gasteiger partial charge >= 0.3 is 6.36 Å². The van der Waals surface area contributed by atoms with Crippen molar-refractivity contribution in [3.63, 3.8) is 0 Å². The molecule has 0 aliphatic carbocycles. The van der Waals surface area contributed by atoms with Gasteiger partial charge in [0.25, 0.3) is 0 Å². The van der Waals surface area contributed by atoms with Crippen LogP contribution in [0.3, 0.4) is 0 Å². The molecule has 40 heavy (non-hydrogen) atoms.